The lowest BCUT2D eigenvalue weighted by Gasteiger charge is -2.04. The van der Waals surface area contributed by atoms with Crippen LogP contribution in [-0.2, 0) is 24.3 Å². The molecule has 0 saturated carbocycles. The summed E-state index contributed by atoms with van der Waals surface area (Å²) in [5, 5.41) is 8.67. The summed E-state index contributed by atoms with van der Waals surface area (Å²) in [4.78, 5) is 11.9. The molecule has 0 bridgehead atoms. The number of nitrogens with two attached hydrogens (primary N) is 1. The van der Waals surface area contributed by atoms with Crippen LogP contribution in [0.5, 0.6) is 0 Å². The predicted molar refractivity (Wildman–Crippen MR) is 73.1 cm³/mol. The highest BCUT2D eigenvalue weighted by Gasteiger charge is 2.09. The number of aromatic nitrogens is 3. The Morgan fingerprint density at radius 1 is 1.37 bits per heavy atom. The summed E-state index contributed by atoms with van der Waals surface area (Å²) in [5.41, 5.74) is 6.82. The Kier molecular flexibility index (Phi) is 4.52. The number of Topliss-reactive ketones (excluding diaryl/α,β-unsaturated/α-hetero) is 1. The zero-order valence-corrected chi connectivity index (χ0v) is 11.5. The van der Waals surface area contributed by atoms with Crippen LogP contribution in [0.3, 0.4) is 0 Å². The van der Waals surface area contributed by atoms with Gasteiger partial charge in [0.2, 0.25) is 0 Å². The SMILES string of the molecule is NCc1cn(CC(=O)Cc2ccc(Cl)cc2Cl)nn1. The fraction of sp³-hybridized carbons (Fsp3) is 0.250. The van der Waals surface area contributed by atoms with Crippen molar-refractivity contribution in [1.82, 2.24) is 15.0 Å². The van der Waals surface area contributed by atoms with E-state index in [2.05, 4.69) is 10.3 Å². The first kappa shape index (κ1) is 14.0. The van der Waals surface area contributed by atoms with E-state index in [4.69, 9.17) is 28.9 Å². The molecule has 5 nitrogen and oxygen atoms in total. The Labute approximate surface area is 120 Å². The summed E-state index contributed by atoms with van der Waals surface area (Å²) in [7, 11) is 0. The second-order valence-electron chi connectivity index (χ2n) is 4.06. The van der Waals surface area contributed by atoms with Gasteiger partial charge < -0.3 is 5.73 Å². The van der Waals surface area contributed by atoms with Crippen molar-refractivity contribution in [1.29, 1.82) is 0 Å². The summed E-state index contributed by atoms with van der Waals surface area (Å²) in [6.07, 6.45) is 1.88. The molecule has 0 aliphatic carbocycles. The minimum absolute atomic E-state index is 0.0160. The molecule has 2 rings (SSSR count). The molecule has 1 heterocycles. The molecule has 1 aromatic carbocycles. The summed E-state index contributed by atoms with van der Waals surface area (Å²) < 4.78 is 1.47. The lowest BCUT2D eigenvalue weighted by atomic mass is 10.1. The zero-order chi connectivity index (χ0) is 13.8. The Morgan fingerprint density at radius 2 is 2.16 bits per heavy atom. The van der Waals surface area contributed by atoms with Crippen molar-refractivity contribution in [2.45, 2.75) is 19.5 Å². The molecule has 0 aliphatic rings. The van der Waals surface area contributed by atoms with Crippen LogP contribution in [0.1, 0.15) is 11.3 Å². The largest absolute Gasteiger partial charge is 0.325 e. The summed E-state index contributed by atoms with van der Waals surface area (Å²) in [5.74, 6) is -0.0160. The molecule has 7 heteroatoms. The zero-order valence-electron chi connectivity index (χ0n) is 10.0. The van der Waals surface area contributed by atoms with Crippen LogP contribution in [0.2, 0.25) is 10.0 Å². The standard InChI is InChI=1S/C12H12Cl2N4O/c13-9-2-1-8(12(14)4-9)3-11(19)7-18-6-10(5-15)16-17-18/h1-2,4,6H,3,5,7,15H2. The maximum absolute atomic E-state index is 11.9. The molecule has 0 unspecified atom stereocenters. The van der Waals surface area contributed by atoms with Crippen molar-refractivity contribution >= 4 is 29.0 Å². The molecule has 19 heavy (non-hydrogen) atoms. The van der Waals surface area contributed by atoms with E-state index in [-0.39, 0.29) is 18.7 Å². The van der Waals surface area contributed by atoms with Gasteiger partial charge >= 0.3 is 0 Å². The van der Waals surface area contributed by atoms with Crippen LogP contribution in [-0.4, -0.2) is 20.8 Å². The second-order valence-corrected chi connectivity index (χ2v) is 4.91. The lowest BCUT2D eigenvalue weighted by Crippen LogP contribution is -2.13. The van der Waals surface area contributed by atoms with Crippen molar-refractivity contribution in [2.75, 3.05) is 0 Å². The van der Waals surface area contributed by atoms with Gasteiger partial charge in [-0.3, -0.25) is 4.79 Å². The number of halogens is 2. The Balaban J connectivity index is 2.01. The molecule has 0 amide bonds. The van der Waals surface area contributed by atoms with Crippen LogP contribution in [0.25, 0.3) is 0 Å². The minimum Gasteiger partial charge on any atom is -0.325 e. The molecular formula is C12H12Cl2N4O. The van der Waals surface area contributed by atoms with E-state index in [0.29, 0.717) is 22.3 Å². The van der Waals surface area contributed by atoms with E-state index < -0.39 is 0 Å². The normalized spacial score (nSPS) is 10.7. The first-order valence-electron chi connectivity index (χ1n) is 5.63. The highest BCUT2D eigenvalue weighted by molar-refractivity contribution is 6.35. The van der Waals surface area contributed by atoms with Crippen LogP contribution >= 0.6 is 23.2 Å². The van der Waals surface area contributed by atoms with E-state index in [0.717, 1.165) is 5.56 Å². The van der Waals surface area contributed by atoms with Gasteiger partial charge in [-0.2, -0.15) is 0 Å². The van der Waals surface area contributed by atoms with Gasteiger partial charge in [-0.15, -0.1) is 5.10 Å². The average Bonchev–Trinajstić information content (AvgIpc) is 2.80. The lowest BCUT2D eigenvalue weighted by molar-refractivity contribution is -0.119. The van der Waals surface area contributed by atoms with Crippen molar-refractivity contribution in [3.63, 3.8) is 0 Å². The number of carbonyl (C=O) groups is 1. The van der Waals surface area contributed by atoms with Crippen LogP contribution < -0.4 is 5.73 Å². The molecule has 0 aliphatic heterocycles. The third-order valence-corrected chi connectivity index (χ3v) is 3.12. The minimum atomic E-state index is -0.0160. The number of rotatable bonds is 5. The van der Waals surface area contributed by atoms with Crippen LogP contribution in [0, 0.1) is 0 Å². The molecule has 0 atom stereocenters. The van der Waals surface area contributed by atoms with Gasteiger partial charge in [0, 0.05) is 23.0 Å². The quantitative estimate of drug-likeness (QED) is 0.914. The Morgan fingerprint density at radius 3 is 2.79 bits per heavy atom. The third kappa shape index (κ3) is 3.76. The molecule has 1 aromatic heterocycles. The predicted octanol–water partition coefficient (Wildman–Crippen LogP) is 1.86. The fourth-order valence-electron chi connectivity index (χ4n) is 1.62. The number of carbonyl (C=O) groups excluding carboxylic acids is 1. The van der Waals surface area contributed by atoms with Crippen LogP contribution in [0.15, 0.2) is 24.4 Å². The third-order valence-electron chi connectivity index (χ3n) is 2.54. The maximum atomic E-state index is 11.9. The van der Waals surface area contributed by atoms with Crippen molar-refractivity contribution in [3.8, 4) is 0 Å². The smallest absolute Gasteiger partial charge is 0.158 e. The summed E-state index contributed by atoms with van der Waals surface area (Å²) >= 11 is 11.8. The molecule has 0 fully saturated rings. The Hall–Kier alpha value is -1.43. The van der Waals surface area contributed by atoms with Gasteiger partial charge in [-0.1, -0.05) is 34.5 Å². The van der Waals surface area contributed by atoms with E-state index in [9.17, 15) is 4.79 Å². The number of hydrogen-bond acceptors (Lipinski definition) is 4. The summed E-state index contributed by atoms with van der Waals surface area (Å²) in [6.45, 7) is 0.448. The molecule has 0 radical (unpaired) electrons. The molecule has 0 saturated heterocycles. The van der Waals surface area contributed by atoms with Gasteiger partial charge in [-0.05, 0) is 17.7 Å². The Bertz CT molecular complexity index is 597. The molecule has 0 spiro atoms. The fourth-order valence-corrected chi connectivity index (χ4v) is 2.10. The second kappa shape index (κ2) is 6.14. The number of nitrogens with zero attached hydrogens (tertiary/aromatic N) is 3. The summed E-state index contributed by atoms with van der Waals surface area (Å²) in [6, 6.07) is 5.07. The number of hydrogen-bond donors (Lipinski definition) is 1. The van der Waals surface area contributed by atoms with Crippen LogP contribution in [0.4, 0.5) is 0 Å². The number of ketones is 1. The molecule has 2 N–H and O–H groups in total. The van der Waals surface area contributed by atoms with E-state index in [1.165, 1.54) is 4.68 Å². The maximum Gasteiger partial charge on any atom is 0.158 e. The van der Waals surface area contributed by atoms with Gasteiger partial charge in [0.15, 0.2) is 5.78 Å². The first-order chi connectivity index (χ1) is 9.08. The van der Waals surface area contributed by atoms with E-state index >= 15 is 0 Å². The van der Waals surface area contributed by atoms with Gasteiger partial charge in [-0.25, -0.2) is 4.68 Å². The van der Waals surface area contributed by atoms with Crippen molar-refractivity contribution < 1.29 is 4.79 Å². The van der Waals surface area contributed by atoms with Crippen molar-refractivity contribution in [2.24, 2.45) is 5.73 Å². The number of benzene rings is 1. The van der Waals surface area contributed by atoms with Gasteiger partial charge in [0.1, 0.15) is 6.54 Å². The topological polar surface area (TPSA) is 73.8 Å². The van der Waals surface area contributed by atoms with Crippen molar-refractivity contribution in [3.05, 3.63) is 45.7 Å². The molecule has 100 valence electrons. The average molecular weight is 299 g/mol. The molecule has 2 aromatic rings. The van der Waals surface area contributed by atoms with Gasteiger partial charge in [0.25, 0.3) is 0 Å². The van der Waals surface area contributed by atoms with E-state index in [1.807, 2.05) is 0 Å². The van der Waals surface area contributed by atoms with Gasteiger partial charge in [0.05, 0.1) is 11.9 Å². The first-order valence-corrected chi connectivity index (χ1v) is 6.39. The monoisotopic (exact) mass is 298 g/mol. The molecular weight excluding hydrogens is 287 g/mol. The highest BCUT2D eigenvalue weighted by Crippen LogP contribution is 2.21. The van der Waals surface area contributed by atoms with E-state index in [1.54, 1.807) is 24.4 Å². The highest BCUT2D eigenvalue weighted by atomic mass is 35.5.